The molecule has 16 heavy (non-hydrogen) atoms. The molecular formula is C12H20BrN3. The van der Waals surface area contributed by atoms with Gasteiger partial charge in [-0.25, -0.2) is 0 Å². The van der Waals surface area contributed by atoms with E-state index in [4.69, 9.17) is 0 Å². The largest absolute Gasteiger partial charge is 0.308 e. The predicted molar refractivity (Wildman–Crippen MR) is 69.3 cm³/mol. The lowest BCUT2D eigenvalue weighted by Crippen LogP contribution is -2.31. The number of halogens is 1. The van der Waals surface area contributed by atoms with Crippen LogP contribution in [0.3, 0.4) is 0 Å². The Labute approximate surface area is 106 Å². The average Bonchev–Trinajstić information content (AvgIpc) is 2.72. The van der Waals surface area contributed by atoms with Gasteiger partial charge in [-0.1, -0.05) is 13.3 Å². The molecular weight excluding hydrogens is 266 g/mol. The van der Waals surface area contributed by atoms with E-state index in [1.807, 2.05) is 18.7 Å². The molecule has 0 bridgehead atoms. The van der Waals surface area contributed by atoms with E-state index < -0.39 is 0 Å². The maximum absolute atomic E-state index is 4.40. The maximum atomic E-state index is 4.40. The standard InChI is InChI=1S/C12H20BrN3/c1-8-5-4-6-10(8)14-7-11-12(13)9(2)15-16(11)3/h8,10,14H,4-7H2,1-3H3. The van der Waals surface area contributed by atoms with Gasteiger partial charge in [0.25, 0.3) is 0 Å². The van der Waals surface area contributed by atoms with Crippen molar-refractivity contribution in [1.29, 1.82) is 0 Å². The van der Waals surface area contributed by atoms with Gasteiger partial charge in [-0.2, -0.15) is 5.10 Å². The lowest BCUT2D eigenvalue weighted by atomic mass is 10.1. The minimum absolute atomic E-state index is 0.683. The van der Waals surface area contributed by atoms with Crippen LogP contribution in [0.25, 0.3) is 0 Å². The van der Waals surface area contributed by atoms with Gasteiger partial charge < -0.3 is 5.32 Å². The predicted octanol–water partition coefficient (Wildman–Crippen LogP) is 2.77. The fourth-order valence-corrected chi connectivity index (χ4v) is 3.02. The number of aromatic nitrogens is 2. The first-order valence-corrected chi connectivity index (χ1v) is 6.80. The Balaban J connectivity index is 1.99. The molecule has 1 aromatic rings. The highest BCUT2D eigenvalue weighted by molar-refractivity contribution is 9.10. The van der Waals surface area contributed by atoms with Crippen LogP contribution in [0.4, 0.5) is 0 Å². The zero-order chi connectivity index (χ0) is 11.7. The van der Waals surface area contributed by atoms with Crippen molar-refractivity contribution in [2.45, 2.75) is 45.7 Å². The van der Waals surface area contributed by atoms with E-state index in [2.05, 4.69) is 33.3 Å². The van der Waals surface area contributed by atoms with E-state index in [-0.39, 0.29) is 0 Å². The SMILES string of the molecule is Cc1nn(C)c(CNC2CCCC2C)c1Br. The van der Waals surface area contributed by atoms with Gasteiger partial charge in [-0.3, -0.25) is 4.68 Å². The second kappa shape index (κ2) is 4.88. The number of hydrogen-bond acceptors (Lipinski definition) is 2. The van der Waals surface area contributed by atoms with Gasteiger partial charge in [-0.15, -0.1) is 0 Å². The molecule has 1 aliphatic carbocycles. The Kier molecular flexibility index (Phi) is 3.70. The number of hydrogen-bond donors (Lipinski definition) is 1. The Morgan fingerprint density at radius 3 is 2.75 bits per heavy atom. The molecule has 90 valence electrons. The second-order valence-corrected chi connectivity index (χ2v) is 5.66. The molecule has 2 unspecified atom stereocenters. The summed E-state index contributed by atoms with van der Waals surface area (Å²) in [5, 5.41) is 8.06. The van der Waals surface area contributed by atoms with E-state index in [0.717, 1.165) is 22.6 Å². The summed E-state index contributed by atoms with van der Waals surface area (Å²) in [4.78, 5) is 0. The highest BCUT2D eigenvalue weighted by atomic mass is 79.9. The second-order valence-electron chi connectivity index (χ2n) is 4.87. The molecule has 2 rings (SSSR count). The molecule has 1 heterocycles. The molecule has 1 aliphatic rings. The first kappa shape index (κ1) is 12.1. The molecule has 0 aliphatic heterocycles. The molecule has 1 fully saturated rings. The van der Waals surface area contributed by atoms with Crippen LogP contribution in [0, 0.1) is 12.8 Å². The number of nitrogens with one attached hydrogen (secondary N) is 1. The Hall–Kier alpha value is -0.350. The third kappa shape index (κ3) is 2.33. The zero-order valence-electron chi connectivity index (χ0n) is 10.3. The summed E-state index contributed by atoms with van der Waals surface area (Å²) in [6, 6.07) is 0.683. The topological polar surface area (TPSA) is 29.9 Å². The number of rotatable bonds is 3. The lowest BCUT2D eigenvalue weighted by molar-refractivity contribution is 0.419. The smallest absolute Gasteiger partial charge is 0.0739 e. The lowest BCUT2D eigenvalue weighted by Gasteiger charge is -2.17. The normalized spacial score (nSPS) is 25.2. The fraction of sp³-hybridized carbons (Fsp3) is 0.750. The van der Waals surface area contributed by atoms with Crippen LogP contribution in [-0.2, 0) is 13.6 Å². The summed E-state index contributed by atoms with van der Waals surface area (Å²) in [6.45, 7) is 5.28. The highest BCUT2D eigenvalue weighted by Gasteiger charge is 2.23. The van der Waals surface area contributed by atoms with Gasteiger partial charge >= 0.3 is 0 Å². The molecule has 2 atom stereocenters. The van der Waals surface area contributed by atoms with Crippen molar-refractivity contribution in [1.82, 2.24) is 15.1 Å². The summed E-state index contributed by atoms with van der Waals surface area (Å²) in [6.07, 6.45) is 4.04. The quantitative estimate of drug-likeness (QED) is 0.926. The van der Waals surface area contributed by atoms with E-state index >= 15 is 0 Å². The van der Waals surface area contributed by atoms with Crippen molar-refractivity contribution in [3.8, 4) is 0 Å². The van der Waals surface area contributed by atoms with Crippen LogP contribution in [0.2, 0.25) is 0 Å². The van der Waals surface area contributed by atoms with Crippen LogP contribution >= 0.6 is 15.9 Å². The van der Waals surface area contributed by atoms with E-state index in [1.54, 1.807) is 0 Å². The Morgan fingerprint density at radius 1 is 1.50 bits per heavy atom. The van der Waals surface area contributed by atoms with Crippen molar-refractivity contribution >= 4 is 15.9 Å². The third-order valence-electron chi connectivity index (χ3n) is 3.65. The van der Waals surface area contributed by atoms with Crippen LogP contribution in [0.5, 0.6) is 0 Å². The number of aryl methyl sites for hydroxylation is 2. The Morgan fingerprint density at radius 2 is 2.25 bits per heavy atom. The Bertz CT molecular complexity index is 373. The first-order chi connectivity index (χ1) is 7.59. The summed E-state index contributed by atoms with van der Waals surface area (Å²) >= 11 is 3.60. The van der Waals surface area contributed by atoms with Gasteiger partial charge in [0.05, 0.1) is 15.9 Å². The average molecular weight is 286 g/mol. The molecule has 0 saturated heterocycles. The number of nitrogens with zero attached hydrogens (tertiary/aromatic N) is 2. The van der Waals surface area contributed by atoms with Crippen LogP contribution in [0.1, 0.15) is 37.6 Å². The van der Waals surface area contributed by atoms with E-state index in [9.17, 15) is 0 Å². The zero-order valence-corrected chi connectivity index (χ0v) is 11.8. The van der Waals surface area contributed by atoms with Gasteiger partial charge in [0.2, 0.25) is 0 Å². The third-order valence-corrected chi connectivity index (χ3v) is 4.69. The van der Waals surface area contributed by atoms with Crippen molar-refractivity contribution in [3.05, 3.63) is 15.9 Å². The molecule has 0 radical (unpaired) electrons. The summed E-state index contributed by atoms with van der Waals surface area (Å²) in [5.74, 6) is 0.813. The monoisotopic (exact) mass is 285 g/mol. The van der Waals surface area contributed by atoms with E-state index in [0.29, 0.717) is 6.04 Å². The molecule has 0 spiro atoms. The molecule has 3 nitrogen and oxygen atoms in total. The summed E-state index contributed by atoms with van der Waals surface area (Å²) < 4.78 is 3.11. The van der Waals surface area contributed by atoms with Crippen molar-refractivity contribution in [2.75, 3.05) is 0 Å². The van der Waals surface area contributed by atoms with Crippen molar-refractivity contribution in [3.63, 3.8) is 0 Å². The molecule has 1 aromatic heterocycles. The maximum Gasteiger partial charge on any atom is 0.0739 e. The first-order valence-electron chi connectivity index (χ1n) is 6.01. The van der Waals surface area contributed by atoms with Crippen LogP contribution < -0.4 is 5.32 Å². The summed E-state index contributed by atoms with van der Waals surface area (Å²) in [7, 11) is 2.01. The van der Waals surface area contributed by atoms with Gasteiger partial charge in [0.1, 0.15) is 0 Å². The minimum Gasteiger partial charge on any atom is -0.308 e. The van der Waals surface area contributed by atoms with Gasteiger partial charge in [0, 0.05) is 19.6 Å². The fourth-order valence-electron chi connectivity index (χ4n) is 2.55. The molecule has 4 heteroatoms. The molecule has 0 amide bonds. The molecule has 1 saturated carbocycles. The van der Waals surface area contributed by atoms with E-state index in [1.165, 1.54) is 25.0 Å². The minimum atomic E-state index is 0.683. The van der Waals surface area contributed by atoms with Crippen molar-refractivity contribution in [2.24, 2.45) is 13.0 Å². The van der Waals surface area contributed by atoms with Crippen molar-refractivity contribution < 1.29 is 0 Å². The van der Waals surface area contributed by atoms with Gasteiger partial charge in [0.15, 0.2) is 0 Å². The summed E-state index contributed by atoms with van der Waals surface area (Å²) in [5.41, 5.74) is 2.32. The van der Waals surface area contributed by atoms with Crippen LogP contribution in [0.15, 0.2) is 4.47 Å². The molecule has 0 aromatic carbocycles. The molecule has 1 N–H and O–H groups in total. The highest BCUT2D eigenvalue weighted by Crippen LogP contribution is 2.26. The van der Waals surface area contributed by atoms with Gasteiger partial charge in [-0.05, 0) is 41.6 Å². The van der Waals surface area contributed by atoms with Crippen LogP contribution in [-0.4, -0.2) is 15.8 Å².